The van der Waals surface area contributed by atoms with Gasteiger partial charge in [0.1, 0.15) is 0 Å². The molecule has 4 atom stereocenters. The molecule has 3 heterocycles. The first-order valence-corrected chi connectivity index (χ1v) is 10.5. The molecular formula is C22H30F3N3O. The number of hydrogen-bond donors (Lipinski definition) is 1. The van der Waals surface area contributed by atoms with Crippen LogP contribution >= 0.6 is 0 Å². The fourth-order valence-corrected chi connectivity index (χ4v) is 5.45. The van der Waals surface area contributed by atoms with Crippen molar-refractivity contribution in [3.05, 3.63) is 29.1 Å². The molecule has 4 rings (SSSR count). The summed E-state index contributed by atoms with van der Waals surface area (Å²) in [4.78, 5) is 19.4. The Bertz CT molecular complexity index is 817. The molecule has 0 bridgehead atoms. The van der Waals surface area contributed by atoms with E-state index in [0.29, 0.717) is 23.7 Å². The summed E-state index contributed by atoms with van der Waals surface area (Å²) >= 11 is 0. The van der Waals surface area contributed by atoms with Crippen LogP contribution < -0.4 is 5.32 Å². The molecule has 4 nitrogen and oxygen atoms in total. The Labute approximate surface area is 170 Å². The van der Waals surface area contributed by atoms with Crippen LogP contribution in [0.25, 0.3) is 0 Å². The maximum Gasteiger partial charge on any atom is 0.417 e. The first kappa shape index (κ1) is 20.6. The topological polar surface area (TPSA) is 45.2 Å². The first-order chi connectivity index (χ1) is 13.4. The highest BCUT2D eigenvalue weighted by Crippen LogP contribution is 2.54. The minimum absolute atomic E-state index is 0.0283. The molecule has 160 valence electrons. The van der Waals surface area contributed by atoms with Crippen LogP contribution in [0, 0.1) is 16.7 Å². The van der Waals surface area contributed by atoms with Crippen molar-refractivity contribution < 1.29 is 18.0 Å². The quantitative estimate of drug-likeness (QED) is 0.797. The predicted molar refractivity (Wildman–Crippen MR) is 104 cm³/mol. The number of alkyl halides is 3. The van der Waals surface area contributed by atoms with E-state index in [9.17, 15) is 18.0 Å². The summed E-state index contributed by atoms with van der Waals surface area (Å²) in [5.74, 6) is 0.298. The standard InChI is InChI=1S/C22H30F3N3O/c1-13-18-8-17-14(7-15(10-26-17)22(23,24)25)11-28(18)19(29)21(13)6-5-16(9-21)27-12-20(2,3)4/h7,10,13,16,18,27H,5-6,8-9,11-12H2,1-4H3/t13?,16-,18?,21+/m1/s1. The highest BCUT2D eigenvalue weighted by Gasteiger charge is 2.60. The monoisotopic (exact) mass is 409 g/mol. The van der Waals surface area contributed by atoms with E-state index in [1.165, 1.54) is 6.07 Å². The molecule has 29 heavy (non-hydrogen) atoms. The van der Waals surface area contributed by atoms with Gasteiger partial charge < -0.3 is 10.2 Å². The van der Waals surface area contributed by atoms with Gasteiger partial charge in [0.2, 0.25) is 5.91 Å². The van der Waals surface area contributed by atoms with E-state index < -0.39 is 17.2 Å². The second kappa shape index (κ2) is 6.69. The van der Waals surface area contributed by atoms with E-state index in [1.54, 1.807) is 0 Å². The van der Waals surface area contributed by atoms with Crippen molar-refractivity contribution in [1.82, 2.24) is 15.2 Å². The smallest absolute Gasteiger partial charge is 0.334 e. The van der Waals surface area contributed by atoms with Crippen LogP contribution in [-0.2, 0) is 23.9 Å². The van der Waals surface area contributed by atoms with Gasteiger partial charge in [0.15, 0.2) is 0 Å². The zero-order chi connectivity index (χ0) is 21.2. The average molecular weight is 409 g/mol. The summed E-state index contributed by atoms with van der Waals surface area (Å²) < 4.78 is 39.2. The maximum absolute atomic E-state index is 13.5. The summed E-state index contributed by atoms with van der Waals surface area (Å²) in [6.45, 7) is 9.85. The lowest BCUT2D eigenvalue weighted by atomic mass is 9.73. The van der Waals surface area contributed by atoms with Gasteiger partial charge in [-0.3, -0.25) is 9.78 Å². The van der Waals surface area contributed by atoms with Gasteiger partial charge >= 0.3 is 6.18 Å². The van der Waals surface area contributed by atoms with E-state index in [-0.39, 0.29) is 29.8 Å². The van der Waals surface area contributed by atoms with Crippen molar-refractivity contribution in [2.45, 2.75) is 78.2 Å². The molecule has 1 amide bonds. The van der Waals surface area contributed by atoms with Gasteiger partial charge in [0.25, 0.3) is 0 Å². The molecule has 1 aliphatic carbocycles. The van der Waals surface area contributed by atoms with Gasteiger partial charge in [-0.15, -0.1) is 0 Å². The lowest BCUT2D eigenvalue weighted by Crippen LogP contribution is -2.40. The molecule has 1 aromatic heterocycles. The normalized spacial score (nSPS) is 32.0. The van der Waals surface area contributed by atoms with Crippen molar-refractivity contribution >= 4 is 5.91 Å². The van der Waals surface area contributed by atoms with Crippen molar-refractivity contribution in [3.8, 4) is 0 Å². The summed E-state index contributed by atoms with van der Waals surface area (Å²) in [7, 11) is 0. The number of halogens is 3. The number of carbonyl (C=O) groups excluding carboxylic acids is 1. The zero-order valence-corrected chi connectivity index (χ0v) is 17.6. The predicted octanol–water partition coefficient (Wildman–Crippen LogP) is 4.18. The van der Waals surface area contributed by atoms with Crippen LogP contribution in [-0.4, -0.2) is 34.4 Å². The average Bonchev–Trinajstić information content (AvgIpc) is 3.14. The number of rotatable bonds is 2. The molecule has 3 aliphatic rings. The van der Waals surface area contributed by atoms with Gasteiger partial charge in [-0.2, -0.15) is 13.2 Å². The molecule has 7 heteroatoms. The SMILES string of the molecule is CC1C2Cc3ncc(C(F)(F)F)cc3CN2C(=O)[C@]12CC[C@@H](NCC(C)(C)C)C2. The van der Waals surface area contributed by atoms with Crippen LogP contribution in [0.15, 0.2) is 12.3 Å². The second-order valence-corrected chi connectivity index (χ2v) is 10.4. The van der Waals surface area contributed by atoms with Crippen molar-refractivity contribution in [3.63, 3.8) is 0 Å². The second-order valence-electron chi connectivity index (χ2n) is 10.4. The molecular weight excluding hydrogens is 379 g/mol. The fourth-order valence-electron chi connectivity index (χ4n) is 5.45. The Hall–Kier alpha value is -1.63. The van der Waals surface area contributed by atoms with Gasteiger partial charge in [0, 0.05) is 43.5 Å². The van der Waals surface area contributed by atoms with E-state index in [0.717, 1.165) is 32.0 Å². The molecule has 1 saturated carbocycles. The van der Waals surface area contributed by atoms with Crippen LogP contribution in [0.2, 0.25) is 0 Å². The Morgan fingerprint density at radius 3 is 2.69 bits per heavy atom. The van der Waals surface area contributed by atoms with Crippen molar-refractivity contribution in [2.75, 3.05) is 6.54 Å². The molecule has 1 spiro atoms. The van der Waals surface area contributed by atoms with E-state index in [1.807, 2.05) is 4.90 Å². The van der Waals surface area contributed by atoms with Gasteiger partial charge in [-0.25, -0.2) is 0 Å². The Kier molecular flexibility index (Phi) is 4.76. The number of pyridine rings is 1. The van der Waals surface area contributed by atoms with Crippen LogP contribution in [0.1, 0.15) is 63.8 Å². The van der Waals surface area contributed by atoms with E-state index >= 15 is 0 Å². The van der Waals surface area contributed by atoms with Crippen molar-refractivity contribution in [2.24, 2.45) is 16.7 Å². The Balaban J connectivity index is 1.54. The molecule has 1 N–H and O–H groups in total. The largest absolute Gasteiger partial charge is 0.417 e. The minimum Gasteiger partial charge on any atom is -0.334 e. The summed E-state index contributed by atoms with van der Waals surface area (Å²) in [5, 5.41) is 3.63. The molecule has 2 fully saturated rings. The molecule has 2 aliphatic heterocycles. The molecule has 0 aromatic carbocycles. The lowest BCUT2D eigenvalue weighted by molar-refractivity contribution is -0.138. The Morgan fingerprint density at radius 2 is 2.03 bits per heavy atom. The molecule has 1 aromatic rings. The highest BCUT2D eigenvalue weighted by atomic mass is 19.4. The molecule has 2 unspecified atom stereocenters. The third kappa shape index (κ3) is 3.56. The number of carbonyl (C=O) groups is 1. The minimum atomic E-state index is -4.42. The summed E-state index contributed by atoms with van der Waals surface area (Å²) in [6, 6.07) is 1.52. The number of hydrogen-bond acceptors (Lipinski definition) is 3. The van der Waals surface area contributed by atoms with Crippen LogP contribution in [0.5, 0.6) is 0 Å². The van der Waals surface area contributed by atoms with Crippen LogP contribution in [0.3, 0.4) is 0 Å². The van der Waals surface area contributed by atoms with E-state index in [2.05, 4.69) is 38.0 Å². The van der Waals surface area contributed by atoms with E-state index in [4.69, 9.17) is 0 Å². The third-order valence-electron chi connectivity index (χ3n) is 7.14. The lowest BCUT2D eigenvalue weighted by Gasteiger charge is -2.33. The first-order valence-electron chi connectivity index (χ1n) is 10.5. The Morgan fingerprint density at radius 1 is 1.31 bits per heavy atom. The van der Waals surface area contributed by atoms with Gasteiger partial charge in [-0.1, -0.05) is 27.7 Å². The number of amides is 1. The van der Waals surface area contributed by atoms with Gasteiger partial charge in [0.05, 0.1) is 11.0 Å². The number of nitrogens with zero attached hydrogens (tertiary/aromatic N) is 2. The molecule has 1 saturated heterocycles. The summed E-state index contributed by atoms with van der Waals surface area (Å²) in [5.41, 5.74) is 0.291. The molecule has 0 radical (unpaired) electrons. The van der Waals surface area contributed by atoms with Gasteiger partial charge in [-0.05, 0) is 42.2 Å². The number of fused-ring (bicyclic) bond motifs is 2. The maximum atomic E-state index is 13.5. The third-order valence-corrected chi connectivity index (χ3v) is 7.14. The summed E-state index contributed by atoms with van der Waals surface area (Å²) in [6.07, 6.45) is -0.321. The van der Waals surface area contributed by atoms with Crippen LogP contribution in [0.4, 0.5) is 13.2 Å². The number of aromatic nitrogens is 1. The fraction of sp³-hybridized carbons (Fsp3) is 0.727. The zero-order valence-electron chi connectivity index (χ0n) is 17.6. The highest BCUT2D eigenvalue weighted by molar-refractivity contribution is 5.87. The van der Waals surface area contributed by atoms with Crippen molar-refractivity contribution in [1.29, 1.82) is 0 Å². The number of nitrogens with one attached hydrogen (secondary N) is 1.